The Kier molecular flexibility index (Phi) is 5.92. The van der Waals surface area contributed by atoms with Gasteiger partial charge in [0.2, 0.25) is 0 Å². The van der Waals surface area contributed by atoms with Gasteiger partial charge in [-0.15, -0.1) is 0 Å². The maximum absolute atomic E-state index is 14.0. The third-order valence-corrected chi connectivity index (χ3v) is 5.38. The number of rotatable bonds is 5. The van der Waals surface area contributed by atoms with Crippen molar-refractivity contribution in [2.24, 2.45) is 0 Å². The fourth-order valence-corrected chi connectivity index (χ4v) is 3.74. The second kappa shape index (κ2) is 8.94. The molecule has 0 saturated heterocycles. The lowest BCUT2D eigenvalue weighted by Gasteiger charge is -2.10. The maximum Gasteiger partial charge on any atom is 0.134 e. The van der Waals surface area contributed by atoms with Gasteiger partial charge in [-0.1, -0.05) is 60.7 Å². The first kappa shape index (κ1) is 19.9. The van der Waals surface area contributed by atoms with E-state index in [1.165, 1.54) is 16.8 Å². The van der Waals surface area contributed by atoms with Crippen LogP contribution in [0.5, 0.6) is 5.75 Å². The van der Waals surface area contributed by atoms with Gasteiger partial charge in [0.05, 0.1) is 16.1 Å². The Bertz CT molecular complexity index is 1290. The van der Waals surface area contributed by atoms with Crippen LogP contribution in [0.15, 0.2) is 89.4 Å². The van der Waals surface area contributed by atoms with E-state index in [0.717, 1.165) is 15.6 Å². The van der Waals surface area contributed by atoms with Crippen LogP contribution in [0.3, 0.4) is 0 Å². The third-order valence-electron chi connectivity index (χ3n) is 4.76. The first-order valence-electron chi connectivity index (χ1n) is 9.41. The van der Waals surface area contributed by atoms with Gasteiger partial charge in [-0.2, -0.15) is 5.26 Å². The number of hydrogen-bond donors (Lipinski definition) is 0. The van der Waals surface area contributed by atoms with E-state index in [2.05, 4.69) is 52.3 Å². The summed E-state index contributed by atoms with van der Waals surface area (Å²) in [7, 11) is 0. The first-order valence-corrected chi connectivity index (χ1v) is 10.2. The SMILES string of the molecule is N#CC(=Cc1ccc(OCc2ccc3ccccc3c2)c(Br)c1)c1ccccc1F. The highest BCUT2D eigenvalue weighted by Crippen LogP contribution is 2.29. The zero-order valence-corrected chi connectivity index (χ0v) is 17.6. The largest absolute Gasteiger partial charge is 0.488 e. The van der Waals surface area contributed by atoms with Crippen molar-refractivity contribution in [2.45, 2.75) is 6.61 Å². The van der Waals surface area contributed by atoms with Gasteiger partial charge < -0.3 is 4.74 Å². The molecule has 0 spiro atoms. The summed E-state index contributed by atoms with van der Waals surface area (Å²) < 4.78 is 20.7. The van der Waals surface area contributed by atoms with E-state index in [0.29, 0.717) is 12.4 Å². The molecule has 2 nitrogen and oxygen atoms in total. The molecule has 0 N–H and O–H groups in total. The zero-order chi connectivity index (χ0) is 20.9. The molecule has 0 amide bonds. The molecular formula is C26H17BrFNO. The molecule has 4 aromatic rings. The average Bonchev–Trinajstić information content (AvgIpc) is 2.77. The minimum absolute atomic E-state index is 0.268. The standard InChI is InChI=1S/C26H17BrFNO/c27-24-15-18(13-22(16-29)23-7-3-4-8-25(23)28)10-12-26(24)30-17-19-9-11-20-5-1-2-6-21(20)14-19/h1-15H,17H2. The van der Waals surface area contributed by atoms with E-state index in [1.807, 2.05) is 30.3 Å². The molecule has 0 bridgehead atoms. The summed E-state index contributed by atoms with van der Waals surface area (Å²) in [6.07, 6.45) is 1.66. The topological polar surface area (TPSA) is 33.0 Å². The molecule has 0 heterocycles. The van der Waals surface area contributed by atoms with Gasteiger partial charge in [-0.25, -0.2) is 4.39 Å². The van der Waals surface area contributed by atoms with Crippen molar-refractivity contribution in [1.82, 2.24) is 0 Å². The van der Waals surface area contributed by atoms with Crippen LogP contribution >= 0.6 is 15.9 Å². The Hall–Kier alpha value is -3.42. The van der Waals surface area contributed by atoms with Crippen LogP contribution in [-0.2, 0) is 6.61 Å². The molecule has 4 aromatic carbocycles. The summed E-state index contributed by atoms with van der Waals surface area (Å²) in [5.41, 5.74) is 2.41. The predicted octanol–water partition coefficient (Wildman–Crippen LogP) is 7.38. The molecule has 0 fully saturated rings. The Morgan fingerprint density at radius 1 is 0.933 bits per heavy atom. The molecule has 0 atom stereocenters. The highest BCUT2D eigenvalue weighted by atomic mass is 79.9. The van der Waals surface area contributed by atoms with E-state index in [9.17, 15) is 9.65 Å². The summed E-state index contributed by atoms with van der Waals surface area (Å²) in [4.78, 5) is 0. The zero-order valence-electron chi connectivity index (χ0n) is 16.0. The molecule has 0 saturated carbocycles. The molecule has 0 aliphatic rings. The van der Waals surface area contributed by atoms with Gasteiger partial charge in [0, 0.05) is 5.56 Å². The van der Waals surface area contributed by atoms with Crippen LogP contribution in [0.25, 0.3) is 22.4 Å². The average molecular weight is 458 g/mol. The summed E-state index contributed by atoms with van der Waals surface area (Å²) in [5, 5.41) is 11.8. The Morgan fingerprint density at radius 3 is 2.47 bits per heavy atom. The predicted molar refractivity (Wildman–Crippen MR) is 122 cm³/mol. The van der Waals surface area contributed by atoms with Crippen LogP contribution in [0, 0.1) is 17.1 Å². The van der Waals surface area contributed by atoms with Crippen molar-refractivity contribution in [3.63, 3.8) is 0 Å². The molecule has 0 aromatic heterocycles. The Morgan fingerprint density at radius 2 is 1.70 bits per heavy atom. The highest BCUT2D eigenvalue weighted by molar-refractivity contribution is 9.10. The molecule has 4 rings (SSSR count). The van der Waals surface area contributed by atoms with Gasteiger partial charge in [0.1, 0.15) is 18.2 Å². The van der Waals surface area contributed by atoms with Crippen molar-refractivity contribution in [1.29, 1.82) is 5.26 Å². The monoisotopic (exact) mass is 457 g/mol. The van der Waals surface area contributed by atoms with Gasteiger partial charge >= 0.3 is 0 Å². The van der Waals surface area contributed by atoms with Crippen molar-refractivity contribution in [3.8, 4) is 11.8 Å². The molecule has 0 unspecified atom stereocenters. The fourth-order valence-electron chi connectivity index (χ4n) is 3.23. The number of halogens is 2. The van der Waals surface area contributed by atoms with E-state index in [1.54, 1.807) is 24.3 Å². The molecule has 0 aliphatic heterocycles. The van der Waals surface area contributed by atoms with Crippen molar-refractivity contribution >= 4 is 38.4 Å². The van der Waals surface area contributed by atoms with Crippen molar-refractivity contribution < 1.29 is 9.13 Å². The van der Waals surface area contributed by atoms with Crippen LogP contribution in [0.4, 0.5) is 4.39 Å². The summed E-state index contributed by atoms with van der Waals surface area (Å²) in [6, 6.07) is 28.3. The normalized spacial score (nSPS) is 11.3. The quantitative estimate of drug-likeness (QED) is 0.231. The van der Waals surface area contributed by atoms with E-state index in [4.69, 9.17) is 4.74 Å². The third kappa shape index (κ3) is 4.42. The Labute approximate surface area is 183 Å². The number of nitriles is 1. The van der Waals surface area contributed by atoms with E-state index in [-0.39, 0.29) is 11.1 Å². The Balaban J connectivity index is 1.52. The number of hydrogen-bond acceptors (Lipinski definition) is 2. The van der Waals surface area contributed by atoms with Crippen LogP contribution < -0.4 is 4.74 Å². The van der Waals surface area contributed by atoms with Crippen LogP contribution in [0.2, 0.25) is 0 Å². The van der Waals surface area contributed by atoms with Crippen molar-refractivity contribution in [3.05, 3.63) is 112 Å². The lowest BCUT2D eigenvalue weighted by molar-refractivity contribution is 0.304. The molecule has 0 aliphatic carbocycles. The minimum atomic E-state index is -0.417. The number of fused-ring (bicyclic) bond motifs is 1. The summed E-state index contributed by atoms with van der Waals surface area (Å²) in [5.74, 6) is 0.282. The number of benzene rings is 4. The first-order chi connectivity index (χ1) is 14.6. The van der Waals surface area contributed by atoms with Crippen LogP contribution in [0.1, 0.15) is 16.7 Å². The molecule has 4 heteroatoms. The molecular weight excluding hydrogens is 441 g/mol. The number of allylic oxidation sites excluding steroid dienone is 1. The van der Waals surface area contributed by atoms with E-state index < -0.39 is 5.82 Å². The van der Waals surface area contributed by atoms with Gasteiger partial charge in [-0.05, 0) is 68.2 Å². The molecule has 0 radical (unpaired) electrons. The van der Waals surface area contributed by atoms with Gasteiger partial charge in [-0.3, -0.25) is 0 Å². The second-order valence-corrected chi connectivity index (χ2v) is 7.66. The van der Waals surface area contributed by atoms with Crippen LogP contribution in [-0.4, -0.2) is 0 Å². The van der Waals surface area contributed by atoms with Gasteiger partial charge in [0.25, 0.3) is 0 Å². The highest BCUT2D eigenvalue weighted by Gasteiger charge is 2.08. The number of nitrogens with zero attached hydrogens (tertiary/aromatic N) is 1. The van der Waals surface area contributed by atoms with Crippen molar-refractivity contribution in [2.75, 3.05) is 0 Å². The smallest absolute Gasteiger partial charge is 0.134 e. The van der Waals surface area contributed by atoms with E-state index >= 15 is 0 Å². The fraction of sp³-hybridized carbons (Fsp3) is 0.0385. The number of ether oxygens (including phenoxy) is 1. The summed E-state index contributed by atoms with van der Waals surface area (Å²) >= 11 is 3.53. The minimum Gasteiger partial charge on any atom is -0.488 e. The lowest BCUT2D eigenvalue weighted by atomic mass is 10.0. The lowest BCUT2D eigenvalue weighted by Crippen LogP contribution is -1.96. The molecule has 30 heavy (non-hydrogen) atoms. The maximum atomic E-state index is 14.0. The van der Waals surface area contributed by atoms with Gasteiger partial charge in [0.15, 0.2) is 0 Å². The second-order valence-electron chi connectivity index (χ2n) is 6.81. The summed E-state index contributed by atoms with van der Waals surface area (Å²) in [6.45, 7) is 0.442. The molecule has 146 valence electrons.